The summed E-state index contributed by atoms with van der Waals surface area (Å²) in [6.07, 6.45) is 4.53. The van der Waals surface area contributed by atoms with Crippen molar-refractivity contribution >= 4 is 35.7 Å². The van der Waals surface area contributed by atoms with E-state index >= 15 is 0 Å². The molecule has 290 valence electrons. The van der Waals surface area contributed by atoms with Crippen molar-refractivity contribution in [3.8, 4) is 0 Å². The molecule has 3 aliphatic rings. The fraction of sp³-hybridized carbons (Fsp3) is 0.842. The van der Waals surface area contributed by atoms with E-state index in [1.807, 2.05) is 19.0 Å². The van der Waals surface area contributed by atoms with Gasteiger partial charge in [0.1, 0.15) is 6.61 Å². The molecule has 1 aliphatic heterocycles. The number of carbonyl (C=O) groups is 6. The summed E-state index contributed by atoms with van der Waals surface area (Å²) in [5.74, 6) is -5.77. The van der Waals surface area contributed by atoms with Gasteiger partial charge >= 0.3 is 23.9 Å². The highest BCUT2D eigenvalue weighted by Gasteiger charge is 2.54. The second-order valence-corrected chi connectivity index (χ2v) is 16.6. The zero-order chi connectivity index (χ0) is 38.1. The Morgan fingerprint density at radius 1 is 1.04 bits per heavy atom. The Bertz CT molecular complexity index is 1250. The van der Waals surface area contributed by atoms with Crippen LogP contribution in [0.5, 0.6) is 0 Å². The van der Waals surface area contributed by atoms with Crippen molar-refractivity contribution in [2.75, 3.05) is 40.4 Å². The van der Waals surface area contributed by atoms with E-state index in [0.717, 1.165) is 32.1 Å². The van der Waals surface area contributed by atoms with Crippen molar-refractivity contribution in [3.05, 3.63) is 0 Å². The van der Waals surface area contributed by atoms with Gasteiger partial charge in [-0.3, -0.25) is 24.0 Å². The SMILES string of the molecule is CCCCCCNC(=O)C(C)(C)CC(CC(C)(CC(CC1C(C)C2CC(C(=O)O)C1C2)C(N)=O)C(=O)OC1CCOC1=O)C(=O)OCCN(C)C. The molecule has 51 heavy (non-hydrogen) atoms. The maximum atomic E-state index is 14.2. The van der Waals surface area contributed by atoms with Gasteiger partial charge in [0.25, 0.3) is 0 Å². The van der Waals surface area contributed by atoms with Crippen molar-refractivity contribution in [1.82, 2.24) is 10.2 Å². The number of ether oxygens (including phenoxy) is 3. The van der Waals surface area contributed by atoms with E-state index in [4.69, 9.17) is 19.9 Å². The number of rotatable bonds is 22. The lowest BCUT2D eigenvalue weighted by Crippen LogP contribution is -2.44. The average molecular weight is 722 g/mol. The summed E-state index contributed by atoms with van der Waals surface area (Å²) in [6.45, 7) is 10.5. The summed E-state index contributed by atoms with van der Waals surface area (Å²) >= 11 is 0. The van der Waals surface area contributed by atoms with Crippen LogP contribution in [-0.4, -0.2) is 92.2 Å². The van der Waals surface area contributed by atoms with Crippen LogP contribution >= 0.6 is 0 Å². The number of likely N-dealkylation sites (N-methyl/N-ethyl adjacent to an activating group) is 1. The van der Waals surface area contributed by atoms with Crippen molar-refractivity contribution in [2.24, 2.45) is 58.0 Å². The molecule has 2 saturated carbocycles. The molecular formula is C38H63N3O10. The van der Waals surface area contributed by atoms with Crippen LogP contribution in [0.2, 0.25) is 0 Å². The number of carbonyl (C=O) groups excluding carboxylic acids is 5. The smallest absolute Gasteiger partial charge is 0.347 e. The van der Waals surface area contributed by atoms with Crippen molar-refractivity contribution in [1.29, 1.82) is 0 Å². The van der Waals surface area contributed by atoms with Crippen LogP contribution in [0.15, 0.2) is 0 Å². The standard InChI is InChI=1S/C38H63N3O10/c1-8-9-10-11-13-40-35(47)37(3,4)20-26(33(45)50-16-14-41(6)7)22-38(5,36(48)51-30-12-15-49-34(30)46)21-25(31(39)42)19-27-23(2)24-17-28(27)29(18-24)32(43)44/h23-30H,8-22H2,1-7H3,(H2,39,42)(H,40,47)(H,43,44). The number of esters is 3. The maximum Gasteiger partial charge on any atom is 0.347 e. The number of unbranched alkanes of at least 4 members (excludes halogenated alkanes) is 3. The van der Waals surface area contributed by atoms with Gasteiger partial charge < -0.3 is 35.3 Å². The van der Waals surface area contributed by atoms with Gasteiger partial charge in [-0.1, -0.05) is 47.0 Å². The maximum absolute atomic E-state index is 14.2. The Morgan fingerprint density at radius 2 is 1.73 bits per heavy atom. The topological polar surface area (TPSA) is 192 Å². The van der Waals surface area contributed by atoms with Gasteiger partial charge in [0.05, 0.1) is 23.9 Å². The van der Waals surface area contributed by atoms with Crippen molar-refractivity contribution in [3.63, 3.8) is 0 Å². The molecule has 2 amide bonds. The molecule has 13 nitrogen and oxygen atoms in total. The van der Waals surface area contributed by atoms with Crippen LogP contribution in [0, 0.1) is 52.3 Å². The largest absolute Gasteiger partial charge is 0.481 e. The van der Waals surface area contributed by atoms with E-state index in [-0.39, 0.29) is 68.5 Å². The number of aliphatic carboxylic acids is 1. The lowest BCUT2D eigenvalue weighted by molar-refractivity contribution is -0.171. The summed E-state index contributed by atoms with van der Waals surface area (Å²) in [6, 6.07) is 0. The molecule has 9 atom stereocenters. The highest BCUT2D eigenvalue weighted by Crippen LogP contribution is 2.57. The number of carboxylic acids is 1. The first kappa shape index (κ1) is 42.2. The third kappa shape index (κ3) is 11.4. The molecule has 2 aliphatic carbocycles. The molecular weight excluding hydrogens is 658 g/mol. The normalized spacial score (nSPS) is 26.6. The third-order valence-corrected chi connectivity index (χ3v) is 11.7. The number of amides is 2. The predicted octanol–water partition coefficient (Wildman–Crippen LogP) is 3.95. The highest BCUT2D eigenvalue weighted by atomic mass is 16.6. The molecule has 0 aromatic carbocycles. The summed E-state index contributed by atoms with van der Waals surface area (Å²) in [7, 11) is 3.69. The summed E-state index contributed by atoms with van der Waals surface area (Å²) in [5.41, 5.74) is 3.49. The summed E-state index contributed by atoms with van der Waals surface area (Å²) < 4.78 is 16.5. The van der Waals surface area contributed by atoms with E-state index in [0.29, 0.717) is 25.9 Å². The Hall–Kier alpha value is -3.22. The predicted molar refractivity (Wildman–Crippen MR) is 189 cm³/mol. The number of carboxylic acid groups (broad SMARTS) is 1. The Kier molecular flexibility index (Phi) is 15.3. The Morgan fingerprint density at radius 3 is 2.29 bits per heavy atom. The van der Waals surface area contributed by atoms with Crippen LogP contribution < -0.4 is 11.1 Å². The average Bonchev–Trinajstić information content (AvgIpc) is 3.75. The van der Waals surface area contributed by atoms with Gasteiger partial charge in [0, 0.05) is 30.8 Å². The van der Waals surface area contributed by atoms with Gasteiger partial charge in [-0.05, 0) is 89.6 Å². The summed E-state index contributed by atoms with van der Waals surface area (Å²) in [5, 5.41) is 12.9. The number of cyclic esters (lactones) is 1. The number of hydrogen-bond acceptors (Lipinski definition) is 10. The number of fused-ring (bicyclic) bond motifs is 2. The second-order valence-electron chi connectivity index (χ2n) is 16.6. The summed E-state index contributed by atoms with van der Waals surface area (Å²) in [4.78, 5) is 80.9. The van der Waals surface area contributed by atoms with E-state index < -0.39 is 64.5 Å². The molecule has 0 radical (unpaired) electrons. The van der Waals surface area contributed by atoms with E-state index in [1.54, 1.807) is 20.8 Å². The monoisotopic (exact) mass is 721 g/mol. The highest BCUT2D eigenvalue weighted by molar-refractivity contribution is 5.86. The molecule has 13 heteroatoms. The van der Waals surface area contributed by atoms with Crippen LogP contribution in [0.3, 0.4) is 0 Å². The quantitative estimate of drug-likeness (QED) is 0.0833. The molecule has 2 bridgehead atoms. The number of nitrogens with two attached hydrogens (primary N) is 1. The van der Waals surface area contributed by atoms with Gasteiger partial charge in [0.15, 0.2) is 0 Å². The molecule has 9 unspecified atom stereocenters. The first-order valence-corrected chi connectivity index (χ1v) is 18.9. The first-order chi connectivity index (χ1) is 23.9. The fourth-order valence-electron chi connectivity index (χ4n) is 8.64. The number of nitrogens with one attached hydrogen (secondary N) is 1. The molecule has 4 N–H and O–H groups in total. The molecule has 0 aromatic rings. The van der Waals surface area contributed by atoms with Gasteiger partial charge in [-0.2, -0.15) is 0 Å². The zero-order valence-electron chi connectivity index (χ0n) is 31.9. The molecule has 3 fully saturated rings. The number of hydrogen-bond donors (Lipinski definition) is 3. The minimum absolute atomic E-state index is 0.0495. The van der Waals surface area contributed by atoms with Crippen LogP contribution in [-0.2, 0) is 43.0 Å². The number of primary amides is 1. The lowest BCUT2D eigenvalue weighted by Gasteiger charge is -2.38. The van der Waals surface area contributed by atoms with E-state index in [9.17, 15) is 33.9 Å². The van der Waals surface area contributed by atoms with Crippen molar-refractivity contribution in [2.45, 2.75) is 111 Å². The van der Waals surface area contributed by atoms with Crippen molar-refractivity contribution < 1.29 is 48.1 Å². The first-order valence-electron chi connectivity index (χ1n) is 18.9. The van der Waals surface area contributed by atoms with Crippen LogP contribution in [0.4, 0.5) is 0 Å². The zero-order valence-corrected chi connectivity index (χ0v) is 31.9. The van der Waals surface area contributed by atoms with Crippen LogP contribution in [0.1, 0.15) is 105 Å². The minimum atomic E-state index is -1.51. The fourth-order valence-corrected chi connectivity index (χ4v) is 8.64. The Balaban J connectivity index is 1.92. The molecule has 1 heterocycles. The number of nitrogens with zero attached hydrogens (tertiary/aromatic N) is 1. The molecule has 0 aromatic heterocycles. The second kappa shape index (κ2) is 18.5. The molecule has 3 rings (SSSR count). The van der Waals surface area contributed by atoms with Gasteiger partial charge in [-0.15, -0.1) is 0 Å². The Labute approximate surface area is 303 Å². The minimum Gasteiger partial charge on any atom is -0.481 e. The lowest BCUT2D eigenvalue weighted by atomic mass is 9.66. The third-order valence-electron chi connectivity index (χ3n) is 11.7. The van der Waals surface area contributed by atoms with E-state index in [2.05, 4.69) is 19.2 Å². The van der Waals surface area contributed by atoms with Gasteiger partial charge in [-0.25, -0.2) is 4.79 Å². The van der Waals surface area contributed by atoms with E-state index in [1.165, 1.54) is 0 Å². The van der Waals surface area contributed by atoms with Crippen LogP contribution in [0.25, 0.3) is 0 Å². The molecule has 0 spiro atoms. The molecule has 1 saturated heterocycles. The van der Waals surface area contributed by atoms with Gasteiger partial charge in [0.2, 0.25) is 17.9 Å².